The third-order valence-electron chi connectivity index (χ3n) is 3.85. The van der Waals surface area contributed by atoms with Crippen LogP contribution in [-0.4, -0.2) is 9.78 Å². The standard InChI is InChI=1S/C16H17N3/c1-11-4-3-5-15(12(11)2)19-16(13-6-7-13)10-14(18-19)8-9-17/h3-5,10,13H,6-8H2,1-2H3. The molecule has 1 aromatic carbocycles. The molecule has 96 valence electrons. The van der Waals surface area contributed by atoms with Crippen molar-refractivity contribution in [3.63, 3.8) is 0 Å². The summed E-state index contributed by atoms with van der Waals surface area (Å²) in [5, 5.41) is 13.5. The number of aryl methyl sites for hydroxylation is 1. The molecule has 1 fully saturated rings. The first-order valence-electron chi connectivity index (χ1n) is 6.73. The van der Waals surface area contributed by atoms with E-state index in [9.17, 15) is 0 Å². The van der Waals surface area contributed by atoms with Gasteiger partial charge in [0.15, 0.2) is 0 Å². The summed E-state index contributed by atoms with van der Waals surface area (Å²) >= 11 is 0. The van der Waals surface area contributed by atoms with Crippen molar-refractivity contribution in [1.29, 1.82) is 5.26 Å². The van der Waals surface area contributed by atoms with Crippen LogP contribution in [0.2, 0.25) is 0 Å². The van der Waals surface area contributed by atoms with E-state index < -0.39 is 0 Å². The van der Waals surface area contributed by atoms with Crippen molar-refractivity contribution < 1.29 is 0 Å². The Morgan fingerprint density at radius 2 is 2.16 bits per heavy atom. The molecule has 0 aliphatic heterocycles. The maximum atomic E-state index is 8.84. The van der Waals surface area contributed by atoms with Gasteiger partial charge in [-0.1, -0.05) is 12.1 Å². The third kappa shape index (κ3) is 2.15. The van der Waals surface area contributed by atoms with Crippen LogP contribution in [0.1, 0.15) is 41.3 Å². The fraction of sp³-hybridized carbons (Fsp3) is 0.375. The van der Waals surface area contributed by atoms with Crippen molar-refractivity contribution in [3.05, 3.63) is 46.8 Å². The van der Waals surface area contributed by atoms with Crippen LogP contribution in [0.4, 0.5) is 0 Å². The molecule has 0 atom stereocenters. The van der Waals surface area contributed by atoms with Crippen LogP contribution in [0.5, 0.6) is 0 Å². The zero-order chi connectivity index (χ0) is 13.4. The molecule has 1 aromatic heterocycles. The van der Waals surface area contributed by atoms with E-state index in [1.54, 1.807) is 0 Å². The number of nitrogens with zero attached hydrogens (tertiary/aromatic N) is 3. The fourth-order valence-electron chi connectivity index (χ4n) is 2.44. The van der Waals surface area contributed by atoms with Crippen molar-refractivity contribution in [2.75, 3.05) is 0 Å². The van der Waals surface area contributed by atoms with E-state index in [1.165, 1.54) is 29.7 Å². The summed E-state index contributed by atoms with van der Waals surface area (Å²) < 4.78 is 2.05. The van der Waals surface area contributed by atoms with Gasteiger partial charge in [-0.25, -0.2) is 4.68 Å². The van der Waals surface area contributed by atoms with E-state index in [2.05, 4.69) is 49.3 Å². The lowest BCUT2D eigenvalue weighted by molar-refractivity contribution is 0.789. The Bertz CT molecular complexity index is 657. The van der Waals surface area contributed by atoms with E-state index >= 15 is 0 Å². The van der Waals surface area contributed by atoms with Crippen molar-refractivity contribution in [2.45, 2.75) is 39.0 Å². The van der Waals surface area contributed by atoms with Gasteiger partial charge in [0.25, 0.3) is 0 Å². The largest absolute Gasteiger partial charge is 0.237 e. The second-order valence-electron chi connectivity index (χ2n) is 5.30. The number of hydrogen-bond donors (Lipinski definition) is 0. The third-order valence-corrected chi connectivity index (χ3v) is 3.85. The molecule has 1 heterocycles. The normalized spacial score (nSPS) is 14.4. The summed E-state index contributed by atoms with van der Waals surface area (Å²) in [5.41, 5.74) is 5.82. The molecule has 0 radical (unpaired) electrons. The number of nitriles is 1. The Balaban J connectivity index is 2.13. The second kappa shape index (κ2) is 4.55. The first kappa shape index (κ1) is 12.0. The topological polar surface area (TPSA) is 41.6 Å². The lowest BCUT2D eigenvalue weighted by Crippen LogP contribution is -2.04. The molecule has 0 saturated heterocycles. The van der Waals surface area contributed by atoms with Gasteiger partial charge in [-0.2, -0.15) is 10.4 Å². The summed E-state index contributed by atoms with van der Waals surface area (Å²) in [6.07, 6.45) is 2.86. The van der Waals surface area contributed by atoms with Gasteiger partial charge in [-0.15, -0.1) is 0 Å². The highest BCUT2D eigenvalue weighted by Gasteiger charge is 2.28. The molecule has 2 aromatic rings. The molecule has 19 heavy (non-hydrogen) atoms. The number of benzene rings is 1. The molecule has 3 heteroatoms. The maximum absolute atomic E-state index is 8.84. The van der Waals surface area contributed by atoms with Gasteiger partial charge in [0.05, 0.1) is 23.9 Å². The smallest absolute Gasteiger partial charge is 0.0793 e. The Morgan fingerprint density at radius 1 is 1.37 bits per heavy atom. The minimum absolute atomic E-state index is 0.386. The molecule has 0 bridgehead atoms. The average molecular weight is 251 g/mol. The highest BCUT2D eigenvalue weighted by Crippen LogP contribution is 2.41. The SMILES string of the molecule is Cc1cccc(-n2nc(CC#N)cc2C2CC2)c1C. The van der Waals surface area contributed by atoms with Gasteiger partial charge < -0.3 is 0 Å². The van der Waals surface area contributed by atoms with Crippen LogP contribution in [0.25, 0.3) is 5.69 Å². The summed E-state index contributed by atoms with van der Waals surface area (Å²) in [4.78, 5) is 0. The van der Waals surface area contributed by atoms with Gasteiger partial charge >= 0.3 is 0 Å². The van der Waals surface area contributed by atoms with Gasteiger partial charge in [-0.05, 0) is 49.9 Å². The average Bonchev–Trinajstić information content (AvgIpc) is 3.15. The van der Waals surface area contributed by atoms with Crippen molar-refractivity contribution in [3.8, 4) is 11.8 Å². The van der Waals surface area contributed by atoms with Crippen LogP contribution < -0.4 is 0 Å². The molecule has 0 amide bonds. The fourth-order valence-corrected chi connectivity index (χ4v) is 2.44. The van der Waals surface area contributed by atoms with Crippen LogP contribution in [0.15, 0.2) is 24.3 Å². The first-order chi connectivity index (χ1) is 9.20. The molecule has 0 spiro atoms. The summed E-state index contributed by atoms with van der Waals surface area (Å²) in [7, 11) is 0. The highest BCUT2D eigenvalue weighted by molar-refractivity contribution is 5.46. The van der Waals surface area contributed by atoms with E-state index in [0.29, 0.717) is 12.3 Å². The zero-order valence-electron chi connectivity index (χ0n) is 11.3. The van der Waals surface area contributed by atoms with E-state index in [0.717, 1.165) is 11.4 Å². The van der Waals surface area contributed by atoms with Gasteiger partial charge in [0.2, 0.25) is 0 Å². The summed E-state index contributed by atoms with van der Waals surface area (Å²) in [6, 6.07) is 10.6. The van der Waals surface area contributed by atoms with Gasteiger partial charge in [0, 0.05) is 11.6 Å². The van der Waals surface area contributed by atoms with Crippen LogP contribution >= 0.6 is 0 Å². The van der Waals surface area contributed by atoms with Crippen molar-refractivity contribution in [2.24, 2.45) is 0 Å². The van der Waals surface area contributed by atoms with E-state index in [-0.39, 0.29) is 0 Å². The zero-order valence-corrected chi connectivity index (χ0v) is 11.3. The maximum Gasteiger partial charge on any atom is 0.0793 e. The van der Waals surface area contributed by atoms with Crippen LogP contribution in [-0.2, 0) is 6.42 Å². The van der Waals surface area contributed by atoms with E-state index in [4.69, 9.17) is 5.26 Å². The number of aromatic nitrogens is 2. The Hall–Kier alpha value is -2.08. The van der Waals surface area contributed by atoms with Gasteiger partial charge in [-0.3, -0.25) is 0 Å². The lowest BCUT2D eigenvalue weighted by Gasteiger charge is -2.11. The minimum Gasteiger partial charge on any atom is -0.237 e. The monoisotopic (exact) mass is 251 g/mol. The second-order valence-corrected chi connectivity index (χ2v) is 5.30. The van der Waals surface area contributed by atoms with Crippen LogP contribution in [0.3, 0.4) is 0 Å². The summed E-state index contributed by atoms with van der Waals surface area (Å²) in [6.45, 7) is 4.25. The van der Waals surface area contributed by atoms with E-state index in [1.807, 2.05) is 4.68 Å². The van der Waals surface area contributed by atoms with Gasteiger partial charge in [0.1, 0.15) is 0 Å². The molecule has 1 aliphatic rings. The highest BCUT2D eigenvalue weighted by atomic mass is 15.3. The predicted molar refractivity (Wildman–Crippen MR) is 74.3 cm³/mol. The molecular formula is C16H17N3. The molecular weight excluding hydrogens is 234 g/mol. The molecule has 0 N–H and O–H groups in total. The Kier molecular flexibility index (Phi) is 2.87. The van der Waals surface area contributed by atoms with Crippen molar-refractivity contribution in [1.82, 2.24) is 9.78 Å². The summed E-state index contributed by atoms with van der Waals surface area (Å²) in [5.74, 6) is 0.625. The minimum atomic E-state index is 0.386. The van der Waals surface area contributed by atoms with Crippen LogP contribution in [0, 0.1) is 25.2 Å². The molecule has 3 rings (SSSR count). The first-order valence-corrected chi connectivity index (χ1v) is 6.73. The predicted octanol–water partition coefficient (Wildman–Crippen LogP) is 3.43. The lowest BCUT2D eigenvalue weighted by atomic mass is 10.1. The number of rotatable bonds is 3. The quantitative estimate of drug-likeness (QED) is 0.838. The Morgan fingerprint density at radius 3 is 2.84 bits per heavy atom. The molecule has 1 aliphatic carbocycles. The van der Waals surface area contributed by atoms with Crippen molar-refractivity contribution >= 4 is 0 Å². The number of hydrogen-bond acceptors (Lipinski definition) is 2. The molecule has 0 unspecified atom stereocenters. The molecule has 3 nitrogen and oxygen atoms in total. The Labute approximate surface area is 113 Å². The molecule has 1 saturated carbocycles.